The summed E-state index contributed by atoms with van der Waals surface area (Å²) in [5.74, 6) is -0.497. The highest BCUT2D eigenvalue weighted by molar-refractivity contribution is 6.30. The van der Waals surface area contributed by atoms with Crippen LogP contribution in [-0.2, 0) is 11.2 Å². The van der Waals surface area contributed by atoms with Crippen molar-refractivity contribution in [1.82, 2.24) is 10.3 Å². The third-order valence-corrected chi connectivity index (χ3v) is 4.77. The molecule has 0 aliphatic heterocycles. The molecule has 3 rings (SSSR count). The fourth-order valence-electron chi connectivity index (χ4n) is 3.16. The number of aliphatic carboxylic acids is 1. The van der Waals surface area contributed by atoms with E-state index in [-0.39, 0.29) is 12.6 Å². The van der Waals surface area contributed by atoms with Gasteiger partial charge in [-0.1, -0.05) is 35.9 Å². The number of benzene rings is 2. The van der Waals surface area contributed by atoms with E-state index in [2.05, 4.69) is 10.3 Å². The number of aliphatic hydroxyl groups is 1. The molecule has 3 aromatic rings. The maximum absolute atomic E-state index is 10.7. The number of carbonyl (C=O) groups is 1. The van der Waals surface area contributed by atoms with E-state index in [1.807, 2.05) is 37.4 Å². The summed E-state index contributed by atoms with van der Waals surface area (Å²) >= 11 is 5.98. The standard InChI is InChI=1S/C21H23ClN2O4/c1-13(23-11-18(25)14-4-2-5-16(22)9-14)8-15-10-24-21-17(15)6-3-7-19(21)28-12-20(26)27/h2-7,9-10,13,18,23-25H,8,11-12H2,1H3,(H,26,27)/t13-,18-/m0/s1. The molecule has 4 N–H and O–H groups in total. The third kappa shape index (κ3) is 5.04. The second kappa shape index (κ2) is 9.10. The van der Waals surface area contributed by atoms with Crippen LogP contribution in [0.3, 0.4) is 0 Å². The fourth-order valence-corrected chi connectivity index (χ4v) is 3.36. The lowest BCUT2D eigenvalue weighted by atomic mass is 10.0. The van der Waals surface area contributed by atoms with Crippen LogP contribution < -0.4 is 10.1 Å². The molecule has 0 saturated heterocycles. The highest BCUT2D eigenvalue weighted by Crippen LogP contribution is 2.28. The summed E-state index contributed by atoms with van der Waals surface area (Å²) in [7, 11) is 0. The molecule has 28 heavy (non-hydrogen) atoms. The molecule has 0 saturated carbocycles. The van der Waals surface area contributed by atoms with Gasteiger partial charge in [0, 0.05) is 29.2 Å². The van der Waals surface area contributed by atoms with Gasteiger partial charge in [-0.3, -0.25) is 0 Å². The highest BCUT2D eigenvalue weighted by Gasteiger charge is 2.14. The molecule has 148 valence electrons. The summed E-state index contributed by atoms with van der Waals surface area (Å²) in [6, 6.07) is 12.9. The lowest BCUT2D eigenvalue weighted by Gasteiger charge is -2.17. The van der Waals surface area contributed by atoms with Crippen LogP contribution in [0.4, 0.5) is 0 Å². The molecule has 2 aromatic carbocycles. The van der Waals surface area contributed by atoms with Gasteiger partial charge in [0.25, 0.3) is 0 Å². The normalized spacial score (nSPS) is 13.4. The minimum atomic E-state index is -1.01. The molecule has 0 unspecified atom stereocenters. The minimum Gasteiger partial charge on any atom is -0.480 e. The zero-order valence-corrected chi connectivity index (χ0v) is 16.2. The number of halogens is 1. The molecular weight excluding hydrogens is 380 g/mol. The van der Waals surface area contributed by atoms with Crippen molar-refractivity contribution < 1.29 is 19.7 Å². The van der Waals surface area contributed by atoms with Gasteiger partial charge in [0.2, 0.25) is 0 Å². The van der Waals surface area contributed by atoms with Crippen LogP contribution in [0, 0.1) is 0 Å². The number of nitrogens with one attached hydrogen (secondary N) is 2. The third-order valence-electron chi connectivity index (χ3n) is 4.53. The molecule has 0 aliphatic carbocycles. The van der Waals surface area contributed by atoms with Gasteiger partial charge in [-0.25, -0.2) is 4.79 Å². The van der Waals surface area contributed by atoms with Gasteiger partial charge in [0.05, 0.1) is 11.6 Å². The Morgan fingerprint density at radius 3 is 2.82 bits per heavy atom. The number of hydrogen-bond donors (Lipinski definition) is 4. The first-order valence-corrected chi connectivity index (χ1v) is 9.42. The zero-order valence-electron chi connectivity index (χ0n) is 15.5. The second-order valence-corrected chi connectivity index (χ2v) is 7.20. The molecule has 1 heterocycles. The Morgan fingerprint density at radius 1 is 1.29 bits per heavy atom. The van der Waals surface area contributed by atoms with Crippen LogP contribution in [0.15, 0.2) is 48.7 Å². The van der Waals surface area contributed by atoms with Crippen molar-refractivity contribution >= 4 is 28.5 Å². The number of carboxylic acid groups (broad SMARTS) is 1. The van der Waals surface area contributed by atoms with Crippen molar-refractivity contribution in [2.45, 2.75) is 25.5 Å². The number of para-hydroxylation sites is 1. The van der Waals surface area contributed by atoms with E-state index in [9.17, 15) is 9.90 Å². The van der Waals surface area contributed by atoms with Crippen molar-refractivity contribution in [3.05, 3.63) is 64.8 Å². The summed E-state index contributed by atoms with van der Waals surface area (Å²) in [6.07, 6.45) is 2.01. The quantitative estimate of drug-likeness (QED) is 0.439. The molecular formula is C21H23ClN2O4. The number of carboxylic acids is 1. The number of ether oxygens (including phenoxy) is 1. The average molecular weight is 403 g/mol. The van der Waals surface area contributed by atoms with Crippen LogP contribution in [0.25, 0.3) is 10.9 Å². The first-order valence-electron chi connectivity index (χ1n) is 9.04. The van der Waals surface area contributed by atoms with Gasteiger partial charge in [-0.2, -0.15) is 0 Å². The Morgan fingerprint density at radius 2 is 2.07 bits per heavy atom. The van der Waals surface area contributed by atoms with Gasteiger partial charge < -0.3 is 25.3 Å². The highest BCUT2D eigenvalue weighted by atomic mass is 35.5. The number of hydrogen-bond acceptors (Lipinski definition) is 4. The molecule has 6 nitrogen and oxygen atoms in total. The number of aliphatic hydroxyl groups excluding tert-OH is 1. The summed E-state index contributed by atoms with van der Waals surface area (Å²) in [4.78, 5) is 13.9. The largest absolute Gasteiger partial charge is 0.480 e. The maximum Gasteiger partial charge on any atom is 0.341 e. The van der Waals surface area contributed by atoms with E-state index >= 15 is 0 Å². The average Bonchev–Trinajstić information content (AvgIpc) is 3.07. The summed E-state index contributed by atoms with van der Waals surface area (Å²) < 4.78 is 5.35. The molecule has 0 spiro atoms. The first-order chi connectivity index (χ1) is 13.4. The lowest BCUT2D eigenvalue weighted by Crippen LogP contribution is -2.32. The van der Waals surface area contributed by atoms with E-state index in [1.54, 1.807) is 18.2 Å². The Hall–Kier alpha value is -2.54. The van der Waals surface area contributed by atoms with Crippen molar-refractivity contribution in [2.24, 2.45) is 0 Å². The molecule has 0 bridgehead atoms. The van der Waals surface area contributed by atoms with Gasteiger partial charge in [-0.05, 0) is 42.7 Å². The second-order valence-electron chi connectivity index (χ2n) is 6.76. The van der Waals surface area contributed by atoms with Crippen molar-refractivity contribution in [3.63, 3.8) is 0 Å². The molecule has 2 atom stereocenters. The molecule has 0 amide bonds. The number of aromatic nitrogens is 1. The smallest absolute Gasteiger partial charge is 0.341 e. The van der Waals surface area contributed by atoms with E-state index in [0.29, 0.717) is 17.3 Å². The number of H-pyrrole nitrogens is 1. The molecule has 0 fully saturated rings. The lowest BCUT2D eigenvalue weighted by molar-refractivity contribution is -0.139. The van der Waals surface area contributed by atoms with Crippen LogP contribution in [0.5, 0.6) is 5.75 Å². The van der Waals surface area contributed by atoms with Crippen molar-refractivity contribution in [1.29, 1.82) is 0 Å². The number of rotatable bonds is 9. The van der Waals surface area contributed by atoms with Gasteiger partial charge in [0.1, 0.15) is 5.75 Å². The van der Waals surface area contributed by atoms with Gasteiger partial charge in [0.15, 0.2) is 6.61 Å². The number of aromatic amines is 1. The van der Waals surface area contributed by atoms with Crippen LogP contribution in [0.1, 0.15) is 24.2 Å². The Balaban J connectivity index is 1.62. The first kappa shape index (κ1) is 20.2. The Labute approximate surface area is 168 Å². The predicted molar refractivity (Wildman–Crippen MR) is 109 cm³/mol. The Kier molecular flexibility index (Phi) is 6.57. The van der Waals surface area contributed by atoms with E-state index in [1.165, 1.54) is 0 Å². The van der Waals surface area contributed by atoms with E-state index < -0.39 is 12.1 Å². The predicted octanol–water partition coefficient (Wildman–Crippen LogP) is 3.54. The minimum absolute atomic E-state index is 0.122. The molecule has 7 heteroatoms. The Bertz CT molecular complexity index is 956. The van der Waals surface area contributed by atoms with Crippen molar-refractivity contribution in [3.8, 4) is 5.75 Å². The molecule has 0 radical (unpaired) electrons. The van der Waals surface area contributed by atoms with Gasteiger partial charge >= 0.3 is 5.97 Å². The topological polar surface area (TPSA) is 94.6 Å². The van der Waals surface area contributed by atoms with Crippen LogP contribution >= 0.6 is 11.6 Å². The monoisotopic (exact) mass is 402 g/mol. The summed E-state index contributed by atoms with van der Waals surface area (Å²) in [6.45, 7) is 2.08. The molecule has 1 aromatic heterocycles. The van der Waals surface area contributed by atoms with E-state index in [4.69, 9.17) is 21.4 Å². The van der Waals surface area contributed by atoms with Gasteiger partial charge in [-0.15, -0.1) is 0 Å². The molecule has 0 aliphatic rings. The van der Waals surface area contributed by atoms with Crippen molar-refractivity contribution in [2.75, 3.05) is 13.2 Å². The zero-order chi connectivity index (χ0) is 20.1. The summed E-state index contributed by atoms with van der Waals surface area (Å²) in [5.41, 5.74) is 2.65. The maximum atomic E-state index is 10.7. The number of fused-ring (bicyclic) bond motifs is 1. The summed E-state index contributed by atoms with van der Waals surface area (Å²) in [5, 5.41) is 24.1. The fraction of sp³-hybridized carbons (Fsp3) is 0.286. The van der Waals surface area contributed by atoms with Crippen LogP contribution in [-0.4, -0.2) is 40.4 Å². The van der Waals surface area contributed by atoms with Crippen LogP contribution in [0.2, 0.25) is 5.02 Å². The van der Waals surface area contributed by atoms with E-state index in [0.717, 1.165) is 28.5 Å². The SMILES string of the molecule is C[C@@H](Cc1c[nH]c2c(OCC(=O)O)cccc12)NC[C@H](O)c1cccc(Cl)c1.